The zero-order valence-electron chi connectivity index (χ0n) is 11.5. The molecule has 110 valence electrons. The molecule has 0 saturated carbocycles. The molecule has 1 saturated heterocycles. The molecule has 0 spiro atoms. The largest absolute Gasteiger partial charge is 0.481 e. The lowest BCUT2D eigenvalue weighted by Gasteiger charge is -2.34. The van der Waals surface area contributed by atoms with Crippen LogP contribution in [-0.2, 0) is 11.2 Å². The Labute approximate surface area is 127 Å². The molecule has 1 aliphatic rings. The second-order valence-corrected chi connectivity index (χ2v) is 6.01. The summed E-state index contributed by atoms with van der Waals surface area (Å²) in [4.78, 5) is 25.1. The van der Waals surface area contributed by atoms with Crippen LogP contribution < -0.4 is 0 Å². The van der Waals surface area contributed by atoms with Crippen molar-refractivity contribution < 1.29 is 14.7 Å². The van der Waals surface area contributed by atoms with Crippen molar-refractivity contribution in [1.82, 2.24) is 4.90 Å². The summed E-state index contributed by atoms with van der Waals surface area (Å²) < 4.78 is 0. The molecule has 1 aliphatic heterocycles. The van der Waals surface area contributed by atoms with E-state index in [9.17, 15) is 9.59 Å². The topological polar surface area (TPSA) is 81.4 Å². The van der Waals surface area contributed by atoms with E-state index in [-0.39, 0.29) is 18.4 Å². The lowest BCUT2D eigenvalue weighted by Crippen LogP contribution is -2.47. The van der Waals surface area contributed by atoms with Gasteiger partial charge in [0.25, 0.3) is 5.91 Å². The monoisotopic (exact) mass is 304 g/mol. The second-order valence-electron chi connectivity index (χ2n) is 4.86. The van der Waals surface area contributed by atoms with Gasteiger partial charge in [-0.05, 0) is 17.7 Å². The van der Waals surface area contributed by atoms with Crippen molar-refractivity contribution in [2.75, 3.05) is 18.1 Å². The predicted octanol–water partition coefficient (Wildman–Crippen LogP) is 1.78. The predicted molar refractivity (Wildman–Crippen MR) is 80.2 cm³/mol. The van der Waals surface area contributed by atoms with Crippen molar-refractivity contribution in [2.24, 2.45) is 0 Å². The number of benzene rings is 1. The average molecular weight is 304 g/mol. The van der Waals surface area contributed by atoms with Gasteiger partial charge in [0.1, 0.15) is 0 Å². The van der Waals surface area contributed by atoms with Gasteiger partial charge < -0.3 is 10.0 Å². The quantitative estimate of drug-likeness (QED) is 0.917. The van der Waals surface area contributed by atoms with Crippen LogP contribution in [0.15, 0.2) is 24.3 Å². The van der Waals surface area contributed by atoms with E-state index >= 15 is 0 Å². The maximum absolute atomic E-state index is 12.5. The third kappa shape index (κ3) is 3.99. The van der Waals surface area contributed by atoms with E-state index < -0.39 is 5.97 Å². The zero-order chi connectivity index (χ0) is 15.2. The minimum atomic E-state index is -0.885. The van der Waals surface area contributed by atoms with Crippen LogP contribution >= 0.6 is 11.8 Å². The van der Waals surface area contributed by atoms with Gasteiger partial charge in [0.2, 0.25) is 0 Å². The SMILES string of the molecule is N#CCc1ccc(C(=O)N2CCSCC2CC(=O)O)cc1. The number of carboxylic acid groups (broad SMARTS) is 1. The number of nitrogens with zero attached hydrogens (tertiary/aromatic N) is 2. The standard InChI is InChI=1S/C15H16N2O3S/c16-6-5-11-1-3-12(4-2-11)15(20)17-7-8-21-10-13(17)9-14(18)19/h1-4,13H,5,7-10H2,(H,18,19). The Hall–Kier alpha value is -2.00. The minimum absolute atomic E-state index is 0.0226. The molecule has 1 fully saturated rings. The van der Waals surface area contributed by atoms with E-state index in [1.54, 1.807) is 40.9 Å². The van der Waals surface area contributed by atoms with Crippen LogP contribution in [0.3, 0.4) is 0 Å². The Balaban J connectivity index is 2.12. The van der Waals surface area contributed by atoms with Gasteiger partial charge in [-0.15, -0.1) is 0 Å². The second kappa shape index (κ2) is 7.14. The molecule has 1 amide bonds. The molecule has 1 aromatic carbocycles. The summed E-state index contributed by atoms with van der Waals surface area (Å²) >= 11 is 1.68. The normalized spacial score (nSPS) is 18.0. The Morgan fingerprint density at radius 1 is 1.38 bits per heavy atom. The van der Waals surface area contributed by atoms with E-state index in [4.69, 9.17) is 10.4 Å². The van der Waals surface area contributed by atoms with Gasteiger partial charge in [-0.1, -0.05) is 12.1 Å². The number of carbonyl (C=O) groups is 2. The number of hydrogen-bond donors (Lipinski definition) is 1. The zero-order valence-corrected chi connectivity index (χ0v) is 12.3. The molecular formula is C15H16N2O3S. The van der Waals surface area contributed by atoms with Crippen molar-refractivity contribution in [3.8, 4) is 6.07 Å². The number of thioether (sulfide) groups is 1. The first-order chi connectivity index (χ1) is 10.1. The van der Waals surface area contributed by atoms with Crippen molar-refractivity contribution in [1.29, 1.82) is 5.26 Å². The highest BCUT2D eigenvalue weighted by Gasteiger charge is 2.29. The van der Waals surface area contributed by atoms with Crippen LogP contribution in [0.2, 0.25) is 0 Å². The van der Waals surface area contributed by atoms with Crippen molar-refractivity contribution in [2.45, 2.75) is 18.9 Å². The van der Waals surface area contributed by atoms with E-state index in [1.165, 1.54) is 0 Å². The van der Waals surface area contributed by atoms with Gasteiger partial charge in [-0.25, -0.2) is 0 Å². The van der Waals surface area contributed by atoms with E-state index in [0.717, 1.165) is 11.3 Å². The highest BCUT2D eigenvalue weighted by molar-refractivity contribution is 7.99. The summed E-state index contributed by atoms with van der Waals surface area (Å²) in [6.45, 7) is 0.571. The highest BCUT2D eigenvalue weighted by Crippen LogP contribution is 2.21. The number of rotatable bonds is 4. The van der Waals surface area contributed by atoms with Crippen molar-refractivity contribution >= 4 is 23.6 Å². The molecule has 1 N–H and O–H groups in total. The number of carbonyl (C=O) groups excluding carboxylic acids is 1. The van der Waals surface area contributed by atoms with Crippen molar-refractivity contribution in [3.63, 3.8) is 0 Å². The molecule has 2 rings (SSSR count). The smallest absolute Gasteiger partial charge is 0.305 e. The molecule has 5 nitrogen and oxygen atoms in total. The Morgan fingerprint density at radius 2 is 2.10 bits per heavy atom. The van der Waals surface area contributed by atoms with Gasteiger partial charge in [0.05, 0.1) is 25.0 Å². The molecule has 21 heavy (non-hydrogen) atoms. The molecule has 0 aromatic heterocycles. The van der Waals surface area contributed by atoms with Gasteiger partial charge in [-0.2, -0.15) is 17.0 Å². The van der Waals surface area contributed by atoms with Gasteiger partial charge in [-0.3, -0.25) is 9.59 Å². The first kappa shape index (κ1) is 15.4. The maximum Gasteiger partial charge on any atom is 0.305 e. The van der Waals surface area contributed by atoms with Gasteiger partial charge >= 0.3 is 5.97 Å². The molecular weight excluding hydrogens is 288 g/mol. The maximum atomic E-state index is 12.5. The third-order valence-corrected chi connectivity index (χ3v) is 4.47. The molecule has 0 radical (unpaired) electrons. The highest BCUT2D eigenvalue weighted by atomic mass is 32.2. The summed E-state index contributed by atoms with van der Waals surface area (Å²) in [6, 6.07) is 8.74. The molecule has 6 heteroatoms. The van der Waals surface area contributed by atoms with E-state index in [0.29, 0.717) is 24.3 Å². The van der Waals surface area contributed by atoms with Crippen LogP contribution in [0.5, 0.6) is 0 Å². The minimum Gasteiger partial charge on any atom is -0.481 e. The summed E-state index contributed by atoms with van der Waals surface area (Å²) in [6.07, 6.45) is 0.293. The number of aliphatic carboxylic acids is 1. The Morgan fingerprint density at radius 3 is 2.71 bits per heavy atom. The molecule has 1 heterocycles. The first-order valence-electron chi connectivity index (χ1n) is 6.68. The lowest BCUT2D eigenvalue weighted by atomic mass is 10.1. The number of nitriles is 1. The van der Waals surface area contributed by atoms with Gasteiger partial charge in [0, 0.05) is 23.6 Å². The molecule has 1 aromatic rings. The fourth-order valence-corrected chi connectivity index (χ4v) is 3.38. The number of carboxylic acids is 1. The third-order valence-electron chi connectivity index (χ3n) is 3.38. The van der Waals surface area contributed by atoms with Gasteiger partial charge in [0.15, 0.2) is 0 Å². The number of hydrogen-bond acceptors (Lipinski definition) is 4. The van der Waals surface area contributed by atoms with E-state index in [1.807, 2.05) is 0 Å². The molecule has 0 aliphatic carbocycles. The number of amides is 1. The van der Waals surface area contributed by atoms with Crippen LogP contribution in [0.4, 0.5) is 0 Å². The summed E-state index contributed by atoms with van der Waals surface area (Å²) in [5, 5.41) is 17.6. The Kier molecular flexibility index (Phi) is 5.23. The summed E-state index contributed by atoms with van der Waals surface area (Å²) in [5.41, 5.74) is 1.41. The summed E-state index contributed by atoms with van der Waals surface area (Å²) in [7, 11) is 0. The molecule has 1 unspecified atom stereocenters. The molecule has 0 bridgehead atoms. The van der Waals surface area contributed by atoms with Crippen molar-refractivity contribution in [3.05, 3.63) is 35.4 Å². The fourth-order valence-electron chi connectivity index (χ4n) is 2.32. The fraction of sp³-hybridized carbons (Fsp3) is 0.400. The van der Waals surface area contributed by atoms with E-state index in [2.05, 4.69) is 6.07 Å². The van der Waals surface area contributed by atoms with Crippen LogP contribution in [0.1, 0.15) is 22.3 Å². The lowest BCUT2D eigenvalue weighted by molar-refractivity contribution is -0.138. The Bertz CT molecular complexity index is 565. The van der Waals surface area contributed by atoms with Crippen LogP contribution in [0, 0.1) is 11.3 Å². The average Bonchev–Trinajstić information content (AvgIpc) is 2.48. The molecule has 1 atom stereocenters. The van der Waals surface area contributed by atoms with Crippen LogP contribution in [-0.4, -0.2) is 46.0 Å². The van der Waals surface area contributed by atoms with Crippen LogP contribution in [0.25, 0.3) is 0 Å². The first-order valence-corrected chi connectivity index (χ1v) is 7.83. The summed E-state index contributed by atoms with van der Waals surface area (Å²) in [5.74, 6) is 0.466.